The lowest BCUT2D eigenvalue weighted by molar-refractivity contribution is 0.301. The third-order valence-corrected chi connectivity index (χ3v) is 6.29. The maximum Gasteiger partial charge on any atom is 0.141 e. The molecule has 2 heterocycles. The van der Waals surface area contributed by atoms with Gasteiger partial charge in [0.15, 0.2) is 0 Å². The fraction of sp³-hybridized carbons (Fsp3) is 0.250. The van der Waals surface area contributed by atoms with E-state index in [0.717, 1.165) is 18.4 Å². The third-order valence-electron chi connectivity index (χ3n) is 6.29. The second-order valence-corrected chi connectivity index (χ2v) is 9.16. The molecule has 0 atom stereocenters. The van der Waals surface area contributed by atoms with E-state index in [-0.39, 0.29) is 23.9 Å². The highest BCUT2D eigenvalue weighted by Crippen LogP contribution is 2.30. The highest BCUT2D eigenvalue weighted by atomic mass is 19.1. The smallest absolute Gasteiger partial charge is 0.141 e. The van der Waals surface area contributed by atoms with E-state index in [0.29, 0.717) is 40.3 Å². The number of halogens is 1. The second-order valence-electron chi connectivity index (χ2n) is 9.16. The number of nitrogen functional groups attached to an aromatic ring is 1. The Morgan fingerprint density at radius 3 is 2.45 bits per heavy atom. The number of hydrogen-bond donors (Lipinski definition) is 3. The molecule has 0 saturated heterocycles. The molecule has 0 bridgehead atoms. The van der Waals surface area contributed by atoms with Crippen LogP contribution in [0.3, 0.4) is 0 Å². The lowest BCUT2D eigenvalue weighted by atomic mass is 10.0. The molecule has 9 nitrogen and oxygen atoms in total. The van der Waals surface area contributed by atoms with Gasteiger partial charge in [-0.05, 0) is 44.0 Å². The monoisotopic (exact) mass is 513 g/mol. The van der Waals surface area contributed by atoms with E-state index in [1.807, 2.05) is 0 Å². The molecular weight excluding hydrogens is 485 g/mol. The standard InChI is InChI=1S/C28H28FN7O2/c1-17-32-13-18(14-33-17)15-37-23-10-20(29)11-24(12-23)38-22-8-6-19(7-9-22)26(30)25-27(31)34-16-35-28(25)36-21-4-2-3-5-21/h6-14,16,21,30H,2-5,15H2,1H3,(H3,31,34,35,36). The number of nitrogens with one attached hydrogen (secondary N) is 2. The van der Waals surface area contributed by atoms with Crippen LogP contribution in [0, 0.1) is 18.2 Å². The first-order chi connectivity index (χ1) is 18.4. The van der Waals surface area contributed by atoms with Crippen LogP contribution in [0.4, 0.5) is 16.0 Å². The number of benzene rings is 2. The summed E-state index contributed by atoms with van der Waals surface area (Å²) < 4.78 is 25.8. The van der Waals surface area contributed by atoms with Crippen LogP contribution in [0.1, 0.15) is 48.2 Å². The molecule has 1 aliphatic rings. The molecule has 0 radical (unpaired) electrons. The van der Waals surface area contributed by atoms with Gasteiger partial charge in [0, 0.05) is 47.8 Å². The number of nitrogens with zero attached hydrogens (tertiary/aromatic N) is 4. The van der Waals surface area contributed by atoms with Gasteiger partial charge in [0.05, 0.1) is 11.3 Å². The molecule has 5 rings (SSSR count). The van der Waals surface area contributed by atoms with Crippen LogP contribution in [0.15, 0.2) is 61.2 Å². The maximum absolute atomic E-state index is 14.2. The van der Waals surface area contributed by atoms with E-state index in [4.69, 9.17) is 20.6 Å². The number of hydrogen-bond acceptors (Lipinski definition) is 9. The Morgan fingerprint density at radius 2 is 1.71 bits per heavy atom. The molecule has 1 saturated carbocycles. The van der Waals surface area contributed by atoms with E-state index in [2.05, 4.69) is 25.3 Å². The molecule has 4 aromatic rings. The Labute approximate surface area is 219 Å². The minimum Gasteiger partial charge on any atom is -0.489 e. The first kappa shape index (κ1) is 25.1. The van der Waals surface area contributed by atoms with Crippen LogP contribution in [-0.4, -0.2) is 31.7 Å². The van der Waals surface area contributed by atoms with Crippen molar-refractivity contribution in [3.05, 3.63) is 89.5 Å². The largest absolute Gasteiger partial charge is 0.489 e. The fourth-order valence-corrected chi connectivity index (χ4v) is 4.33. The van der Waals surface area contributed by atoms with Crippen molar-refractivity contribution in [1.82, 2.24) is 19.9 Å². The number of nitrogens with two attached hydrogens (primary N) is 1. The molecule has 2 aromatic carbocycles. The van der Waals surface area contributed by atoms with Crippen molar-refractivity contribution in [3.63, 3.8) is 0 Å². The average Bonchev–Trinajstić information content (AvgIpc) is 3.41. The molecule has 38 heavy (non-hydrogen) atoms. The van der Waals surface area contributed by atoms with Crippen molar-refractivity contribution < 1.29 is 13.9 Å². The van der Waals surface area contributed by atoms with Crippen LogP contribution in [-0.2, 0) is 6.61 Å². The zero-order valence-corrected chi connectivity index (χ0v) is 20.9. The number of aromatic nitrogens is 4. The van der Waals surface area contributed by atoms with E-state index in [1.165, 1.54) is 31.3 Å². The molecule has 0 aliphatic heterocycles. The highest BCUT2D eigenvalue weighted by molar-refractivity contribution is 6.16. The minimum absolute atomic E-state index is 0.198. The molecule has 194 valence electrons. The van der Waals surface area contributed by atoms with Gasteiger partial charge in [-0.2, -0.15) is 0 Å². The summed E-state index contributed by atoms with van der Waals surface area (Å²) in [4.78, 5) is 16.7. The summed E-state index contributed by atoms with van der Waals surface area (Å²) in [6.45, 7) is 2.00. The zero-order chi connectivity index (χ0) is 26.5. The zero-order valence-electron chi connectivity index (χ0n) is 20.9. The Hall–Kier alpha value is -4.60. The normalized spacial score (nSPS) is 13.3. The molecule has 0 spiro atoms. The van der Waals surface area contributed by atoms with Crippen LogP contribution < -0.4 is 20.5 Å². The quantitative estimate of drug-likeness (QED) is 0.252. The van der Waals surface area contributed by atoms with Crippen molar-refractivity contribution >= 4 is 17.3 Å². The van der Waals surface area contributed by atoms with Crippen molar-refractivity contribution in [2.24, 2.45) is 0 Å². The van der Waals surface area contributed by atoms with Crippen LogP contribution >= 0.6 is 0 Å². The summed E-state index contributed by atoms with van der Waals surface area (Å²) in [6.07, 6.45) is 9.22. The lowest BCUT2D eigenvalue weighted by Gasteiger charge is -2.17. The molecule has 1 aliphatic carbocycles. The lowest BCUT2D eigenvalue weighted by Crippen LogP contribution is -2.20. The first-order valence-electron chi connectivity index (χ1n) is 12.4. The molecule has 4 N–H and O–H groups in total. The fourth-order valence-electron chi connectivity index (χ4n) is 4.33. The number of ether oxygens (including phenoxy) is 2. The van der Waals surface area contributed by atoms with Gasteiger partial charge >= 0.3 is 0 Å². The molecule has 1 fully saturated rings. The summed E-state index contributed by atoms with van der Waals surface area (Å²) in [5, 5.41) is 12.2. The van der Waals surface area contributed by atoms with Gasteiger partial charge in [-0.15, -0.1) is 0 Å². The molecular formula is C28H28FN7O2. The number of rotatable bonds is 9. The molecule has 10 heteroatoms. The first-order valence-corrected chi connectivity index (χ1v) is 12.4. The van der Waals surface area contributed by atoms with Gasteiger partial charge in [-0.1, -0.05) is 12.8 Å². The van der Waals surface area contributed by atoms with Gasteiger partial charge in [-0.25, -0.2) is 24.3 Å². The summed E-state index contributed by atoms with van der Waals surface area (Å²) in [6, 6.07) is 11.4. The van der Waals surface area contributed by atoms with Crippen LogP contribution in [0.5, 0.6) is 17.2 Å². The number of anilines is 2. The highest BCUT2D eigenvalue weighted by Gasteiger charge is 2.21. The Morgan fingerprint density at radius 1 is 1.00 bits per heavy atom. The van der Waals surface area contributed by atoms with Gasteiger partial charge in [0.25, 0.3) is 0 Å². The van der Waals surface area contributed by atoms with Gasteiger partial charge in [-0.3, -0.25) is 5.41 Å². The second kappa shape index (κ2) is 11.2. The maximum atomic E-state index is 14.2. The third kappa shape index (κ3) is 6.03. The minimum atomic E-state index is -0.488. The topological polar surface area (TPSA) is 132 Å². The SMILES string of the molecule is Cc1ncc(COc2cc(F)cc(Oc3ccc(C(=N)c4c(N)ncnc4NC4CCCC4)cc3)c2)cn1. The van der Waals surface area contributed by atoms with Gasteiger partial charge in [0.1, 0.15) is 53.5 Å². The molecule has 0 unspecified atom stereocenters. The van der Waals surface area contributed by atoms with Gasteiger partial charge in [0.2, 0.25) is 0 Å². The van der Waals surface area contributed by atoms with E-state index >= 15 is 0 Å². The van der Waals surface area contributed by atoms with Crippen LogP contribution in [0.25, 0.3) is 0 Å². The van der Waals surface area contributed by atoms with E-state index in [9.17, 15) is 4.39 Å². The van der Waals surface area contributed by atoms with Crippen molar-refractivity contribution in [2.45, 2.75) is 45.3 Å². The van der Waals surface area contributed by atoms with Crippen molar-refractivity contribution in [1.29, 1.82) is 5.41 Å². The Bertz CT molecular complexity index is 1420. The summed E-state index contributed by atoms with van der Waals surface area (Å²) in [5.74, 6) is 2.07. The van der Waals surface area contributed by atoms with E-state index < -0.39 is 5.82 Å². The summed E-state index contributed by atoms with van der Waals surface area (Å²) in [5.41, 5.74) is 8.22. The van der Waals surface area contributed by atoms with Crippen molar-refractivity contribution in [3.8, 4) is 17.2 Å². The average molecular weight is 514 g/mol. The van der Waals surface area contributed by atoms with E-state index in [1.54, 1.807) is 49.6 Å². The van der Waals surface area contributed by atoms with Gasteiger partial charge < -0.3 is 20.5 Å². The molecule has 0 amide bonds. The summed E-state index contributed by atoms with van der Waals surface area (Å²) in [7, 11) is 0. The van der Waals surface area contributed by atoms with Crippen LogP contribution in [0.2, 0.25) is 0 Å². The molecule has 2 aromatic heterocycles. The predicted molar refractivity (Wildman–Crippen MR) is 142 cm³/mol. The van der Waals surface area contributed by atoms with Crippen molar-refractivity contribution in [2.75, 3.05) is 11.1 Å². The summed E-state index contributed by atoms with van der Waals surface area (Å²) >= 11 is 0. The Kier molecular flexibility index (Phi) is 7.39. The predicted octanol–water partition coefficient (Wildman–Crippen LogP) is 5.44. The number of aryl methyl sites for hydroxylation is 1. The Balaban J connectivity index is 1.28.